The summed E-state index contributed by atoms with van der Waals surface area (Å²) >= 11 is 0. The fourth-order valence-corrected chi connectivity index (χ4v) is 1.51. The summed E-state index contributed by atoms with van der Waals surface area (Å²) < 4.78 is 27.7. The molecule has 0 aliphatic carbocycles. The van der Waals surface area contributed by atoms with Gasteiger partial charge in [-0.15, -0.1) is 0 Å². The van der Waals surface area contributed by atoms with E-state index in [1.807, 2.05) is 6.92 Å². The zero-order valence-corrected chi connectivity index (χ0v) is 9.77. The minimum atomic E-state index is -3.33. The Labute approximate surface area is 103 Å². The van der Waals surface area contributed by atoms with E-state index in [4.69, 9.17) is 10.8 Å². The van der Waals surface area contributed by atoms with Crippen LogP contribution in [0.1, 0.15) is 11.3 Å². The number of aliphatic hydroxyl groups is 1. The van der Waals surface area contributed by atoms with Gasteiger partial charge >= 0.3 is 5.92 Å². The minimum absolute atomic E-state index is 0.468. The van der Waals surface area contributed by atoms with E-state index in [0.717, 1.165) is 5.56 Å². The number of halogens is 2. The quantitative estimate of drug-likeness (QED) is 0.820. The first-order valence-electron chi connectivity index (χ1n) is 5.35. The van der Waals surface area contributed by atoms with Crippen molar-refractivity contribution in [1.82, 2.24) is 9.78 Å². The van der Waals surface area contributed by atoms with E-state index < -0.39 is 18.2 Å². The van der Waals surface area contributed by atoms with Crippen molar-refractivity contribution in [2.75, 3.05) is 12.3 Å². The van der Waals surface area contributed by atoms with E-state index in [1.165, 1.54) is 16.9 Å². The predicted octanol–water partition coefficient (Wildman–Crippen LogP) is 1.85. The lowest BCUT2D eigenvalue weighted by Gasteiger charge is -2.09. The summed E-state index contributed by atoms with van der Waals surface area (Å²) in [5.41, 5.74) is 7.35. The highest BCUT2D eigenvalue weighted by Gasteiger charge is 2.33. The number of anilines is 1. The molecule has 0 aliphatic heterocycles. The Morgan fingerprint density at radius 1 is 1.39 bits per heavy atom. The van der Waals surface area contributed by atoms with E-state index in [2.05, 4.69) is 5.10 Å². The summed E-state index contributed by atoms with van der Waals surface area (Å²) in [5, 5.41) is 12.3. The molecule has 2 rings (SSSR count). The Bertz CT molecular complexity index is 566. The number of aliphatic hydroxyl groups excluding tert-OH is 1. The first kappa shape index (κ1) is 12.5. The number of hydrogen-bond acceptors (Lipinski definition) is 3. The third-order valence-corrected chi connectivity index (χ3v) is 2.69. The van der Waals surface area contributed by atoms with E-state index in [-0.39, 0.29) is 0 Å². The van der Waals surface area contributed by atoms with Crippen molar-refractivity contribution in [1.29, 1.82) is 0 Å². The van der Waals surface area contributed by atoms with Crippen molar-refractivity contribution in [2.45, 2.75) is 12.8 Å². The van der Waals surface area contributed by atoms with Crippen LogP contribution in [0.25, 0.3) is 5.69 Å². The number of aromatic nitrogens is 2. The van der Waals surface area contributed by atoms with Gasteiger partial charge in [-0.05, 0) is 30.7 Å². The average molecular weight is 253 g/mol. The van der Waals surface area contributed by atoms with E-state index >= 15 is 0 Å². The standard InChI is InChI=1S/C12H13F2N3O/c1-8-2-3-9(6-10(8)15)17-5-4-11(16-17)12(13,14)7-18/h2-6,18H,7,15H2,1H3. The maximum atomic E-state index is 13.2. The first-order chi connectivity index (χ1) is 8.44. The van der Waals surface area contributed by atoms with E-state index in [9.17, 15) is 8.78 Å². The molecule has 1 aromatic heterocycles. The van der Waals surface area contributed by atoms with Crippen molar-refractivity contribution >= 4 is 5.69 Å². The predicted molar refractivity (Wildman–Crippen MR) is 63.7 cm³/mol. The van der Waals surface area contributed by atoms with Gasteiger partial charge < -0.3 is 10.8 Å². The summed E-state index contributed by atoms with van der Waals surface area (Å²) in [6.45, 7) is 0.591. The van der Waals surface area contributed by atoms with Gasteiger partial charge in [-0.1, -0.05) is 6.07 Å². The lowest BCUT2D eigenvalue weighted by molar-refractivity contribution is -0.0594. The molecule has 18 heavy (non-hydrogen) atoms. The number of nitrogens with zero attached hydrogens (tertiary/aromatic N) is 2. The second-order valence-corrected chi connectivity index (χ2v) is 4.05. The molecule has 0 unspecified atom stereocenters. The van der Waals surface area contributed by atoms with Crippen molar-refractivity contribution < 1.29 is 13.9 Å². The summed E-state index contributed by atoms with van der Waals surface area (Å²) in [4.78, 5) is 0. The molecule has 1 aromatic carbocycles. The normalized spacial score (nSPS) is 11.8. The number of benzene rings is 1. The molecule has 0 saturated carbocycles. The molecule has 0 saturated heterocycles. The number of alkyl halides is 2. The maximum absolute atomic E-state index is 13.2. The van der Waals surface area contributed by atoms with Gasteiger partial charge in [-0.3, -0.25) is 0 Å². The number of rotatable bonds is 3. The second-order valence-electron chi connectivity index (χ2n) is 4.05. The Balaban J connectivity index is 2.38. The molecule has 96 valence electrons. The molecule has 0 atom stereocenters. The van der Waals surface area contributed by atoms with Gasteiger partial charge in [0.15, 0.2) is 0 Å². The molecule has 0 bridgehead atoms. The zero-order valence-electron chi connectivity index (χ0n) is 9.77. The van der Waals surface area contributed by atoms with Crippen LogP contribution in [0.4, 0.5) is 14.5 Å². The average Bonchev–Trinajstić information content (AvgIpc) is 2.83. The van der Waals surface area contributed by atoms with Gasteiger partial charge in [0.2, 0.25) is 0 Å². The largest absolute Gasteiger partial charge is 0.398 e. The third kappa shape index (κ3) is 2.19. The Morgan fingerprint density at radius 3 is 2.72 bits per heavy atom. The molecular formula is C12H13F2N3O. The van der Waals surface area contributed by atoms with Crippen LogP contribution in [0, 0.1) is 6.92 Å². The monoisotopic (exact) mass is 253 g/mol. The van der Waals surface area contributed by atoms with Crippen molar-refractivity contribution in [3.05, 3.63) is 41.7 Å². The van der Waals surface area contributed by atoms with Crippen molar-refractivity contribution in [2.24, 2.45) is 0 Å². The van der Waals surface area contributed by atoms with Crippen LogP contribution in [-0.4, -0.2) is 21.5 Å². The smallest absolute Gasteiger partial charge is 0.313 e. The van der Waals surface area contributed by atoms with Crippen LogP contribution in [0.2, 0.25) is 0 Å². The van der Waals surface area contributed by atoms with Gasteiger partial charge in [0.25, 0.3) is 0 Å². The van der Waals surface area contributed by atoms with Crippen LogP contribution in [0.5, 0.6) is 0 Å². The Hall–Kier alpha value is -1.95. The molecule has 2 aromatic rings. The molecule has 0 fully saturated rings. The molecule has 0 spiro atoms. The summed E-state index contributed by atoms with van der Waals surface area (Å²) in [6, 6.07) is 6.35. The van der Waals surface area contributed by atoms with Crippen LogP contribution in [0.3, 0.4) is 0 Å². The number of nitrogen functional groups attached to an aromatic ring is 1. The fourth-order valence-electron chi connectivity index (χ4n) is 1.51. The molecule has 6 heteroatoms. The van der Waals surface area contributed by atoms with Crippen LogP contribution >= 0.6 is 0 Å². The number of hydrogen-bond donors (Lipinski definition) is 2. The molecule has 4 nitrogen and oxygen atoms in total. The minimum Gasteiger partial charge on any atom is -0.398 e. The van der Waals surface area contributed by atoms with E-state index in [1.54, 1.807) is 18.2 Å². The highest BCUT2D eigenvalue weighted by Crippen LogP contribution is 2.26. The molecule has 0 radical (unpaired) electrons. The first-order valence-corrected chi connectivity index (χ1v) is 5.35. The van der Waals surface area contributed by atoms with Gasteiger partial charge in [-0.25, -0.2) is 4.68 Å². The van der Waals surface area contributed by atoms with Gasteiger partial charge in [0.05, 0.1) is 5.69 Å². The van der Waals surface area contributed by atoms with E-state index in [0.29, 0.717) is 11.4 Å². The van der Waals surface area contributed by atoms with Gasteiger partial charge in [0, 0.05) is 11.9 Å². The third-order valence-electron chi connectivity index (χ3n) is 2.69. The lowest BCUT2D eigenvalue weighted by Crippen LogP contribution is -2.19. The summed E-state index contributed by atoms with van der Waals surface area (Å²) in [6.07, 6.45) is 1.41. The summed E-state index contributed by atoms with van der Waals surface area (Å²) in [7, 11) is 0. The fraction of sp³-hybridized carbons (Fsp3) is 0.250. The molecule has 1 heterocycles. The Morgan fingerprint density at radius 2 is 2.11 bits per heavy atom. The topological polar surface area (TPSA) is 64.1 Å². The van der Waals surface area contributed by atoms with Gasteiger partial charge in [-0.2, -0.15) is 13.9 Å². The lowest BCUT2D eigenvalue weighted by atomic mass is 10.2. The second kappa shape index (κ2) is 4.38. The van der Waals surface area contributed by atoms with Crippen LogP contribution in [0.15, 0.2) is 30.5 Å². The number of aryl methyl sites for hydroxylation is 1. The number of nitrogens with two attached hydrogens (primary N) is 1. The molecule has 0 amide bonds. The van der Waals surface area contributed by atoms with Crippen LogP contribution in [-0.2, 0) is 5.92 Å². The van der Waals surface area contributed by atoms with Crippen LogP contribution < -0.4 is 5.73 Å². The highest BCUT2D eigenvalue weighted by atomic mass is 19.3. The SMILES string of the molecule is Cc1ccc(-n2ccc(C(F)(F)CO)n2)cc1N. The molecule has 3 N–H and O–H groups in total. The van der Waals surface area contributed by atoms with Gasteiger partial charge in [0.1, 0.15) is 12.3 Å². The molecular weight excluding hydrogens is 240 g/mol. The summed E-state index contributed by atoms with van der Waals surface area (Å²) in [5.74, 6) is -3.33. The zero-order chi connectivity index (χ0) is 13.3. The Kier molecular flexibility index (Phi) is 3.04. The van der Waals surface area contributed by atoms with Crippen molar-refractivity contribution in [3.63, 3.8) is 0 Å². The molecule has 0 aliphatic rings. The van der Waals surface area contributed by atoms with Crippen molar-refractivity contribution in [3.8, 4) is 5.69 Å². The highest BCUT2D eigenvalue weighted by molar-refractivity contribution is 5.53. The maximum Gasteiger partial charge on any atom is 0.313 e.